The van der Waals surface area contributed by atoms with Crippen LogP contribution in [0.2, 0.25) is 20.1 Å². The van der Waals surface area contributed by atoms with E-state index in [9.17, 15) is 10.4 Å². The Morgan fingerprint density at radius 2 is 0.861 bits per heavy atom. The molecule has 4 rings (SSSR count). The Hall–Kier alpha value is -2.07. The van der Waals surface area contributed by atoms with Crippen LogP contribution in [0.1, 0.15) is 22.3 Å². The van der Waals surface area contributed by atoms with Crippen LogP contribution < -0.4 is 8.07 Å². The van der Waals surface area contributed by atoms with E-state index in [-0.39, 0.29) is 0 Å². The Morgan fingerprint density at radius 3 is 1.19 bits per heavy atom. The number of oxime groups is 2. The fourth-order valence-electron chi connectivity index (χ4n) is 3.39. The molecule has 0 aliphatic carbocycles. The monoisotopic (exact) mass is 669 g/mol. The Kier molecular flexibility index (Phi) is 8.98. The topological polar surface area (TPSA) is 65.2 Å². The second-order valence-electron chi connectivity index (χ2n) is 7.29. The molecule has 4 aromatic rings. The number of rotatable bonds is 6. The van der Waals surface area contributed by atoms with Gasteiger partial charge in [-0.3, -0.25) is 0 Å². The van der Waals surface area contributed by atoms with Gasteiger partial charge in [0.1, 0.15) is 0 Å². The Balaban J connectivity index is 1.87. The first kappa shape index (κ1) is 27.0. The zero-order chi connectivity index (χ0) is 25.8. The fourth-order valence-corrected chi connectivity index (χ4v) is 8.09. The van der Waals surface area contributed by atoms with Crippen molar-refractivity contribution in [2.45, 2.75) is 0 Å². The molecular formula is C26H16Cl5N2O2Pd-. The van der Waals surface area contributed by atoms with E-state index in [2.05, 4.69) is 10.3 Å². The molecule has 0 atom stereocenters. The normalized spacial score (nSPS) is 12.5. The van der Waals surface area contributed by atoms with Gasteiger partial charge >= 0.3 is 239 Å². The molecule has 0 aromatic heterocycles. The molecule has 0 fully saturated rings. The molecule has 0 radical (unpaired) electrons. The molecule has 36 heavy (non-hydrogen) atoms. The van der Waals surface area contributed by atoms with Crippen LogP contribution in [0.3, 0.4) is 0 Å². The summed E-state index contributed by atoms with van der Waals surface area (Å²) < 4.78 is 1.35. The van der Waals surface area contributed by atoms with Crippen molar-refractivity contribution in [2.75, 3.05) is 0 Å². The summed E-state index contributed by atoms with van der Waals surface area (Å²) in [7, 11) is 7.20. The van der Waals surface area contributed by atoms with Crippen LogP contribution in [-0.4, -0.2) is 21.8 Å². The summed E-state index contributed by atoms with van der Waals surface area (Å²) in [4.78, 5) is 0. The third-order valence-corrected chi connectivity index (χ3v) is 10.3. The Morgan fingerprint density at radius 1 is 0.528 bits per heavy atom. The molecule has 0 aliphatic rings. The van der Waals surface area contributed by atoms with Gasteiger partial charge in [-0.05, 0) is 0 Å². The van der Waals surface area contributed by atoms with Crippen LogP contribution in [0.15, 0.2) is 95.2 Å². The van der Waals surface area contributed by atoms with E-state index in [1.807, 2.05) is 0 Å². The molecule has 4 nitrogen and oxygen atoms in total. The first-order chi connectivity index (χ1) is 17.3. The number of benzene rings is 4. The van der Waals surface area contributed by atoms with Crippen LogP contribution in [0.25, 0.3) is 0 Å². The molecular weight excluding hydrogens is 656 g/mol. The first-order valence-electron chi connectivity index (χ1n) is 10.2. The van der Waals surface area contributed by atoms with E-state index in [4.69, 9.17) is 55.9 Å². The number of hydrogen-bond donors (Lipinski definition) is 2. The second kappa shape index (κ2) is 12.0. The van der Waals surface area contributed by atoms with Crippen molar-refractivity contribution in [3.05, 3.63) is 127 Å². The summed E-state index contributed by atoms with van der Waals surface area (Å²) >= 11 is 22.5. The van der Waals surface area contributed by atoms with Gasteiger partial charge in [0.25, 0.3) is 0 Å². The third kappa shape index (κ3) is 5.90. The minimum atomic E-state index is -2.31. The van der Waals surface area contributed by atoms with Gasteiger partial charge in [-0.15, -0.1) is 0 Å². The fraction of sp³-hybridized carbons (Fsp3) is 0. The maximum atomic E-state index is 9.95. The molecule has 0 saturated heterocycles. The van der Waals surface area contributed by atoms with E-state index in [0.717, 1.165) is 0 Å². The van der Waals surface area contributed by atoms with Gasteiger partial charge < -0.3 is 0 Å². The van der Waals surface area contributed by atoms with Crippen LogP contribution in [0.4, 0.5) is 0 Å². The average Bonchev–Trinajstić information content (AvgIpc) is 2.88. The molecule has 10 heteroatoms. The zero-order valence-corrected chi connectivity index (χ0v) is 23.4. The standard InChI is InChI=1S/2C13H8Cl2NO.ClH.Pd/c2*14-11-5-1-9(2-6-11)13(16-17)10-3-7-12(15)8-4-10;;/h2*1-3,5-8,17H;1H;/p-1. The van der Waals surface area contributed by atoms with Crippen molar-refractivity contribution in [1.82, 2.24) is 0 Å². The number of nitrogens with zero attached hydrogens (tertiary/aromatic N) is 2. The summed E-state index contributed by atoms with van der Waals surface area (Å²) in [6, 6.07) is 24.2. The van der Waals surface area contributed by atoms with Gasteiger partial charge in [0.2, 0.25) is 0 Å². The van der Waals surface area contributed by atoms with E-state index in [1.165, 1.54) is 0 Å². The van der Waals surface area contributed by atoms with Crippen molar-refractivity contribution in [3.8, 4) is 0 Å². The molecule has 0 bridgehead atoms. The first-order valence-corrected chi connectivity index (χ1v) is 15.2. The maximum absolute atomic E-state index is 9.95. The van der Waals surface area contributed by atoms with E-state index in [0.29, 0.717) is 61.8 Å². The van der Waals surface area contributed by atoms with Gasteiger partial charge in [0, 0.05) is 0 Å². The van der Waals surface area contributed by atoms with Gasteiger partial charge in [-0.25, -0.2) is 0 Å². The van der Waals surface area contributed by atoms with Crippen molar-refractivity contribution in [1.29, 1.82) is 0 Å². The summed E-state index contributed by atoms with van der Waals surface area (Å²) in [5.41, 5.74) is 3.10. The van der Waals surface area contributed by atoms with E-state index >= 15 is 0 Å². The van der Waals surface area contributed by atoms with Crippen molar-refractivity contribution in [2.24, 2.45) is 10.3 Å². The van der Waals surface area contributed by atoms with E-state index < -0.39 is 15.7 Å². The van der Waals surface area contributed by atoms with Gasteiger partial charge in [0.15, 0.2) is 0 Å². The molecule has 188 valence electrons. The van der Waals surface area contributed by atoms with Crippen molar-refractivity contribution in [3.63, 3.8) is 0 Å². The predicted molar refractivity (Wildman–Crippen MR) is 146 cm³/mol. The molecule has 2 N–H and O–H groups in total. The van der Waals surface area contributed by atoms with Crippen molar-refractivity contribution < 1.29 is 26.2 Å². The molecule has 0 saturated carbocycles. The quantitative estimate of drug-likeness (QED) is 0.0967. The Bertz CT molecular complexity index is 1350. The van der Waals surface area contributed by atoms with Crippen LogP contribution in [0.5, 0.6) is 0 Å². The van der Waals surface area contributed by atoms with Crippen LogP contribution >= 0.6 is 55.9 Å². The number of halogens is 5. The zero-order valence-electron chi connectivity index (χ0n) is 18.1. The SMILES string of the molecule is ON=C(c1ccc(Cl)cc1)c1ccc(Cl)c[c]1[Pd-]([Cl])[c]1cc(Cl)ccc1C(=NO)c1ccc(Cl)cc1. The third-order valence-electron chi connectivity index (χ3n) is 5.06. The minimum absolute atomic E-state index is 0.308. The van der Waals surface area contributed by atoms with Crippen molar-refractivity contribution >= 4 is 75.4 Å². The van der Waals surface area contributed by atoms with Gasteiger partial charge in [-0.2, -0.15) is 0 Å². The summed E-state index contributed by atoms with van der Waals surface area (Å²) in [5, 5.41) is 29.1. The predicted octanol–water partition coefficient (Wildman–Crippen LogP) is 7.48. The molecule has 0 spiro atoms. The Labute approximate surface area is 237 Å². The van der Waals surface area contributed by atoms with Crippen LogP contribution in [0, 0.1) is 0 Å². The molecule has 0 unspecified atom stereocenters. The molecule has 0 heterocycles. The van der Waals surface area contributed by atoms with Crippen LogP contribution in [-0.2, 0) is 15.7 Å². The summed E-state index contributed by atoms with van der Waals surface area (Å²) in [6.07, 6.45) is 0. The van der Waals surface area contributed by atoms with E-state index in [1.54, 1.807) is 84.9 Å². The molecule has 0 aliphatic heterocycles. The van der Waals surface area contributed by atoms with Gasteiger partial charge in [-0.1, -0.05) is 0 Å². The van der Waals surface area contributed by atoms with Gasteiger partial charge in [0.05, 0.1) is 0 Å². The number of hydrogen-bond acceptors (Lipinski definition) is 4. The average molecular weight is 672 g/mol. The molecule has 0 amide bonds. The summed E-state index contributed by atoms with van der Waals surface area (Å²) in [5.74, 6) is 0. The second-order valence-corrected chi connectivity index (χ2v) is 13.1. The molecule has 4 aromatic carbocycles. The summed E-state index contributed by atoms with van der Waals surface area (Å²) in [6.45, 7) is 0.